The molecular weight excluding hydrogens is 254 g/mol. The minimum atomic E-state index is -0.429. The van der Waals surface area contributed by atoms with Crippen LogP contribution in [-0.2, 0) is 4.79 Å². The van der Waals surface area contributed by atoms with Gasteiger partial charge in [-0.1, -0.05) is 32.4 Å². The Morgan fingerprint density at radius 1 is 1.28 bits per heavy atom. The van der Waals surface area contributed by atoms with E-state index in [9.17, 15) is 9.59 Å². The second-order valence-corrected chi connectivity index (χ2v) is 5.50. The van der Waals surface area contributed by atoms with Crippen LogP contribution in [0.3, 0.4) is 0 Å². The number of aromatic nitrogens is 1. The highest BCUT2D eigenvalue weighted by Gasteiger charge is 2.16. The molecule has 1 aromatic rings. The number of halogens is 1. The third-order valence-corrected chi connectivity index (χ3v) is 2.22. The normalized spacial score (nSPS) is 10.9. The van der Waals surface area contributed by atoms with Crippen LogP contribution < -0.4 is 10.9 Å². The molecule has 0 saturated carbocycles. The maximum Gasteiger partial charge on any atom is 0.271 e. The molecule has 0 saturated heterocycles. The molecule has 0 unspecified atom stereocenters. The molecule has 0 aliphatic heterocycles. The standard InChI is InChI=1S/C12H16ClN3O2/c1-12(2,3)6-10(17)15-16-11(18)8-4-5-9(13)14-7-8/h4-5,7H,6H2,1-3H3,(H,15,17)(H,16,18). The molecule has 0 bridgehead atoms. The molecule has 2 N–H and O–H groups in total. The summed E-state index contributed by atoms with van der Waals surface area (Å²) in [5.41, 5.74) is 4.87. The van der Waals surface area contributed by atoms with Gasteiger partial charge in [-0.05, 0) is 17.5 Å². The predicted molar refractivity (Wildman–Crippen MR) is 68.9 cm³/mol. The van der Waals surface area contributed by atoms with E-state index in [0.29, 0.717) is 17.1 Å². The Morgan fingerprint density at radius 2 is 1.94 bits per heavy atom. The molecule has 0 atom stereocenters. The van der Waals surface area contributed by atoms with Crippen molar-refractivity contribution in [2.75, 3.05) is 0 Å². The van der Waals surface area contributed by atoms with Gasteiger partial charge in [-0.15, -0.1) is 0 Å². The van der Waals surface area contributed by atoms with Crippen molar-refractivity contribution in [1.29, 1.82) is 0 Å². The third kappa shape index (κ3) is 5.14. The van der Waals surface area contributed by atoms with E-state index >= 15 is 0 Å². The van der Waals surface area contributed by atoms with Crippen molar-refractivity contribution < 1.29 is 9.59 Å². The van der Waals surface area contributed by atoms with E-state index in [4.69, 9.17) is 11.6 Å². The summed E-state index contributed by atoms with van der Waals surface area (Å²) in [5, 5.41) is 0.309. The first kappa shape index (κ1) is 14.4. The number of hydrazine groups is 1. The molecule has 0 fully saturated rings. The Morgan fingerprint density at radius 3 is 2.44 bits per heavy atom. The number of nitrogens with zero attached hydrogens (tertiary/aromatic N) is 1. The smallest absolute Gasteiger partial charge is 0.271 e. The van der Waals surface area contributed by atoms with Gasteiger partial charge in [0.1, 0.15) is 5.15 Å². The van der Waals surface area contributed by atoms with Crippen LogP contribution in [0.4, 0.5) is 0 Å². The van der Waals surface area contributed by atoms with Crippen LogP contribution in [0.25, 0.3) is 0 Å². The topological polar surface area (TPSA) is 71.1 Å². The van der Waals surface area contributed by atoms with E-state index in [1.807, 2.05) is 20.8 Å². The molecule has 98 valence electrons. The molecule has 0 spiro atoms. The van der Waals surface area contributed by atoms with Gasteiger partial charge in [0.15, 0.2) is 0 Å². The van der Waals surface area contributed by atoms with Gasteiger partial charge < -0.3 is 0 Å². The lowest BCUT2D eigenvalue weighted by atomic mass is 9.92. The average Bonchev–Trinajstić information content (AvgIpc) is 2.24. The van der Waals surface area contributed by atoms with Gasteiger partial charge in [-0.3, -0.25) is 20.4 Å². The van der Waals surface area contributed by atoms with E-state index in [1.54, 1.807) is 0 Å². The molecule has 1 heterocycles. The molecule has 6 heteroatoms. The van der Waals surface area contributed by atoms with Crippen molar-refractivity contribution in [2.24, 2.45) is 5.41 Å². The molecule has 18 heavy (non-hydrogen) atoms. The molecule has 2 amide bonds. The fourth-order valence-electron chi connectivity index (χ4n) is 1.23. The lowest BCUT2D eigenvalue weighted by Crippen LogP contribution is -2.42. The first-order valence-electron chi connectivity index (χ1n) is 5.49. The second kappa shape index (κ2) is 5.82. The number of carbonyl (C=O) groups excluding carboxylic acids is 2. The Kier molecular flexibility index (Phi) is 4.67. The van der Waals surface area contributed by atoms with Crippen LogP contribution in [-0.4, -0.2) is 16.8 Å². The first-order valence-corrected chi connectivity index (χ1v) is 5.86. The van der Waals surface area contributed by atoms with Crippen LogP contribution in [0.15, 0.2) is 18.3 Å². The van der Waals surface area contributed by atoms with Crippen molar-refractivity contribution >= 4 is 23.4 Å². The molecule has 1 aromatic heterocycles. The van der Waals surface area contributed by atoms with Crippen molar-refractivity contribution in [3.63, 3.8) is 0 Å². The molecule has 1 rings (SSSR count). The van der Waals surface area contributed by atoms with Crippen molar-refractivity contribution in [2.45, 2.75) is 27.2 Å². The van der Waals surface area contributed by atoms with Gasteiger partial charge in [-0.2, -0.15) is 0 Å². The Bertz CT molecular complexity index is 438. The van der Waals surface area contributed by atoms with Crippen LogP contribution in [0.2, 0.25) is 5.15 Å². The van der Waals surface area contributed by atoms with Gasteiger partial charge in [0, 0.05) is 12.6 Å². The second-order valence-electron chi connectivity index (χ2n) is 5.11. The quantitative estimate of drug-likeness (QED) is 0.637. The van der Waals surface area contributed by atoms with E-state index in [-0.39, 0.29) is 11.3 Å². The zero-order valence-electron chi connectivity index (χ0n) is 10.6. The summed E-state index contributed by atoms with van der Waals surface area (Å²) in [5.74, 6) is -0.667. The largest absolute Gasteiger partial charge is 0.273 e. The van der Waals surface area contributed by atoms with Crippen molar-refractivity contribution in [1.82, 2.24) is 15.8 Å². The maximum atomic E-state index is 11.6. The summed E-state index contributed by atoms with van der Waals surface area (Å²) in [7, 11) is 0. The first-order chi connectivity index (χ1) is 8.28. The fourth-order valence-corrected chi connectivity index (χ4v) is 1.35. The summed E-state index contributed by atoms with van der Waals surface area (Å²) < 4.78 is 0. The summed E-state index contributed by atoms with van der Waals surface area (Å²) >= 11 is 5.60. The highest BCUT2D eigenvalue weighted by Crippen LogP contribution is 2.17. The molecule has 0 aliphatic rings. The lowest BCUT2D eigenvalue weighted by Gasteiger charge is -2.17. The van der Waals surface area contributed by atoms with Gasteiger partial charge in [0.25, 0.3) is 5.91 Å². The van der Waals surface area contributed by atoms with Gasteiger partial charge >= 0.3 is 0 Å². The van der Waals surface area contributed by atoms with Crippen LogP contribution in [0.5, 0.6) is 0 Å². The van der Waals surface area contributed by atoms with Gasteiger partial charge in [0.2, 0.25) is 5.91 Å². The molecule has 0 radical (unpaired) electrons. The highest BCUT2D eigenvalue weighted by molar-refractivity contribution is 6.29. The number of amides is 2. The Labute approximate surface area is 111 Å². The van der Waals surface area contributed by atoms with Crippen molar-refractivity contribution in [3.05, 3.63) is 29.0 Å². The average molecular weight is 270 g/mol. The van der Waals surface area contributed by atoms with Gasteiger partial charge in [-0.25, -0.2) is 4.98 Å². The number of carbonyl (C=O) groups is 2. The SMILES string of the molecule is CC(C)(C)CC(=O)NNC(=O)c1ccc(Cl)nc1. The Balaban J connectivity index is 2.47. The monoisotopic (exact) mass is 269 g/mol. The fraction of sp³-hybridized carbons (Fsp3) is 0.417. The van der Waals surface area contributed by atoms with E-state index in [1.165, 1.54) is 18.3 Å². The number of nitrogens with one attached hydrogen (secondary N) is 2. The number of rotatable bonds is 2. The van der Waals surface area contributed by atoms with E-state index in [0.717, 1.165) is 0 Å². The Hall–Kier alpha value is -1.62. The van der Waals surface area contributed by atoms with E-state index in [2.05, 4.69) is 15.8 Å². The summed E-state index contributed by atoms with van der Waals surface area (Å²) in [6.07, 6.45) is 1.67. The van der Waals surface area contributed by atoms with Crippen LogP contribution in [0.1, 0.15) is 37.6 Å². The van der Waals surface area contributed by atoms with Crippen LogP contribution >= 0.6 is 11.6 Å². The number of hydrogen-bond acceptors (Lipinski definition) is 3. The van der Waals surface area contributed by atoms with Crippen LogP contribution in [0, 0.1) is 5.41 Å². The molecule has 5 nitrogen and oxygen atoms in total. The maximum absolute atomic E-state index is 11.6. The highest BCUT2D eigenvalue weighted by atomic mass is 35.5. The van der Waals surface area contributed by atoms with Crippen molar-refractivity contribution in [3.8, 4) is 0 Å². The minimum absolute atomic E-state index is 0.128. The van der Waals surface area contributed by atoms with E-state index < -0.39 is 5.91 Å². The molecule has 0 aliphatic carbocycles. The lowest BCUT2D eigenvalue weighted by molar-refractivity contribution is -0.123. The summed E-state index contributed by atoms with van der Waals surface area (Å²) in [6, 6.07) is 3.04. The molecular formula is C12H16ClN3O2. The van der Waals surface area contributed by atoms with Gasteiger partial charge in [0.05, 0.1) is 5.56 Å². The third-order valence-electron chi connectivity index (χ3n) is 2.00. The predicted octanol–water partition coefficient (Wildman–Crippen LogP) is 1.93. The zero-order valence-corrected chi connectivity index (χ0v) is 11.3. The summed E-state index contributed by atoms with van der Waals surface area (Å²) in [4.78, 5) is 26.9. The molecule has 0 aromatic carbocycles. The zero-order chi connectivity index (χ0) is 13.8. The number of pyridine rings is 1. The summed E-state index contributed by atoms with van der Waals surface area (Å²) in [6.45, 7) is 5.83. The minimum Gasteiger partial charge on any atom is -0.273 e. The number of hydrogen-bond donors (Lipinski definition) is 2.